The third-order valence-corrected chi connectivity index (χ3v) is 2.94. The molecule has 0 aromatic heterocycles. The molecule has 0 radical (unpaired) electrons. The van der Waals surface area contributed by atoms with Crippen LogP contribution < -0.4 is 10.5 Å². The molecule has 0 heterocycles. The van der Waals surface area contributed by atoms with Gasteiger partial charge in [0.25, 0.3) is 0 Å². The van der Waals surface area contributed by atoms with Gasteiger partial charge in [-0.15, -0.1) is 0 Å². The van der Waals surface area contributed by atoms with Crippen molar-refractivity contribution in [3.63, 3.8) is 0 Å². The second-order valence-corrected chi connectivity index (χ2v) is 4.87. The second kappa shape index (κ2) is 6.24. The standard InChI is InChI=1S/C14H12Cl2FNO/c15-10-6-11(16)8-13(7-10)19-14-2-1-12(17)5-9(14)3-4-18/h1-2,5-8H,3-4,18H2. The highest BCUT2D eigenvalue weighted by atomic mass is 35.5. The minimum atomic E-state index is -0.320. The van der Waals surface area contributed by atoms with Crippen LogP contribution in [0.5, 0.6) is 11.5 Å². The summed E-state index contributed by atoms with van der Waals surface area (Å²) >= 11 is 11.8. The van der Waals surface area contributed by atoms with Gasteiger partial charge in [-0.05, 0) is 54.9 Å². The average Bonchev–Trinajstić information content (AvgIpc) is 2.32. The molecule has 100 valence electrons. The molecule has 0 amide bonds. The Hall–Kier alpha value is -1.29. The summed E-state index contributed by atoms with van der Waals surface area (Å²) in [7, 11) is 0. The molecule has 19 heavy (non-hydrogen) atoms. The molecule has 0 fully saturated rings. The molecule has 0 bridgehead atoms. The number of nitrogens with two attached hydrogens (primary N) is 1. The molecule has 2 aromatic rings. The van der Waals surface area contributed by atoms with E-state index in [-0.39, 0.29) is 5.82 Å². The molecular formula is C14H12Cl2FNO. The Morgan fingerprint density at radius 1 is 1.05 bits per heavy atom. The first-order chi connectivity index (χ1) is 9.08. The van der Waals surface area contributed by atoms with E-state index in [1.165, 1.54) is 12.1 Å². The van der Waals surface area contributed by atoms with E-state index in [0.29, 0.717) is 40.1 Å². The van der Waals surface area contributed by atoms with E-state index in [1.807, 2.05) is 0 Å². The zero-order chi connectivity index (χ0) is 13.8. The van der Waals surface area contributed by atoms with Gasteiger partial charge in [-0.25, -0.2) is 4.39 Å². The molecule has 0 aliphatic heterocycles. The van der Waals surface area contributed by atoms with E-state index in [2.05, 4.69) is 0 Å². The summed E-state index contributed by atoms with van der Waals surface area (Å²) in [5.41, 5.74) is 6.21. The lowest BCUT2D eigenvalue weighted by molar-refractivity contribution is 0.473. The van der Waals surface area contributed by atoms with Gasteiger partial charge < -0.3 is 10.5 Å². The van der Waals surface area contributed by atoms with Crippen LogP contribution in [0.4, 0.5) is 4.39 Å². The van der Waals surface area contributed by atoms with E-state index >= 15 is 0 Å². The monoisotopic (exact) mass is 299 g/mol. The maximum atomic E-state index is 13.2. The fourth-order valence-corrected chi connectivity index (χ4v) is 2.22. The Morgan fingerprint density at radius 3 is 2.37 bits per heavy atom. The Labute approximate surface area is 120 Å². The molecule has 0 aliphatic rings. The maximum Gasteiger partial charge on any atom is 0.130 e. The third kappa shape index (κ3) is 3.83. The van der Waals surface area contributed by atoms with Crippen molar-refractivity contribution in [2.24, 2.45) is 5.73 Å². The summed E-state index contributed by atoms with van der Waals surface area (Å²) in [4.78, 5) is 0. The Bertz CT molecular complexity index is 569. The molecule has 5 heteroatoms. The van der Waals surface area contributed by atoms with E-state index in [0.717, 1.165) is 0 Å². The molecular weight excluding hydrogens is 288 g/mol. The van der Waals surface area contributed by atoms with E-state index in [1.54, 1.807) is 24.3 Å². The highest BCUT2D eigenvalue weighted by Gasteiger charge is 2.07. The van der Waals surface area contributed by atoms with Gasteiger partial charge >= 0.3 is 0 Å². The number of hydrogen-bond acceptors (Lipinski definition) is 2. The van der Waals surface area contributed by atoms with Gasteiger partial charge in [0.2, 0.25) is 0 Å². The van der Waals surface area contributed by atoms with Crippen LogP contribution in [0, 0.1) is 5.82 Å². The number of rotatable bonds is 4. The summed E-state index contributed by atoms with van der Waals surface area (Å²) in [6, 6.07) is 9.21. The molecule has 0 saturated heterocycles. The normalized spacial score (nSPS) is 10.5. The molecule has 0 atom stereocenters. The van der Waals surface area contributed by atoms with Crippen LogP contribution in [-0.2, 0) is 6.42 Å². The largest absolute Gasteiger partial charge is 0.457 e. The Kier molecular flexibility index (Phi) is 4.64. The predicted octanol–water partition coefficient (Wildman–Crippen LogP) is 4.43. The lowest BCUT2D eigenvalue weighted by atomic mass is 10.1. The smallest absolute Gasteiger partial charge is 0.130 e. The minimum Gasteiger partial charge on any atom is -0.457 e. The first-order valence-electron chi connectivity index (χ1n) is 5.71. The lowest BCUT2D eigenvalue weighted by Crippen LogP contribution is -2.04. The molecule has 0 saturated carbocycles. The molecule has 0 spiro atoms. The summed E-state index contributed by atoms with van der Waals surface area (Å²) in [5, 5.41) is 0.954. The van der Waals surface area contributed by atoms with Gasteiger partial charge in [0.05, 0.1) is 0 Å². The third-order valence-electron chi connectivity index (χ3n) is 2.50. The average molecular weight is 300 g/mol. The van der Waals surface area contributed by atoms with E-state index in [9.17, 15) is 4.39 Å². The summed E-state index contributed by atoms with van der Waals surface area (Å²) in [5.74, 6) is 0.729. The van der Waals surface area contributed by atoms with Crippen molar-refractivity contribution in [2.75, 3.05) is 6.54 Å². The molecule has 0 unspecified atom stereocenters. The molecule has 2 aromatic carbocycles. The van der Waals surface area contributed by atoms with Gasteiger partial charge in [-0.3, -0.25) is 0 Å². The second-order valence-electron chi connectivity index (χ2n) is 4.00. The number of halogens is 3. The van der Waals surface area contributed by atoms with Crippen LogP contribution in [0.1, 0.15) is 5.56 Å². The highest BCUT2D eigenvalue weighted by Crippen LogP contribution is 2.30. The molecule has 2 rings (SSSR count). The number of hydrogen-bond donors (Lipinski definition) is 1. The first kappa shape index (κ1) is 14.1. The zero-order valence-corrected chi connectivity index (χ0v) is 11.5. The Morgan fingerprint density at radius 2 is 1.74 bits per heavy atom. The summed E-state index contributed by atoms with van der Waals surface area (Å²) in [6.07, 6.45) is 0.529. The molecule has 0 aliphatic carbocycles. The zero-order valence-electron chi connectivity index (χ0n) is 10.00. The SMILES string of the molecule is NCCc1cc(F)ccc1Oc1cc(Cl)cc(Cl)c1. The Balaban J connectivity index is 2.31. The number of ether oxygens (including phenoxy) is 1. The van der Waals surface area contributed by atoms with E-state index in [4.69, 9.17) is 33.7 Å². The van der Waals surface area contributed by atoms with Crippen LogP contribution in [0.3, 0.4) is 0 Å². The van der Waals surface area contributed by atoms with Gasteiger partial charge in [0.15, 0.2) is 0 Å². The quantitative estimate of drug-likeness (QED) is 0.906. The van der Waals surface area contributed by atoms with Gasteiger partial charge in [-0.1, -0.05) is 23.2 Å². The van der Waals surface area contributed by atoms with Crippen molar-refractivity contribution in [2.45, 2.75) is 6.42 Å². The van der Waals surface area contributed by atoms with Gasteiger partial charge in [0.1, 0.15) is 17.3 Å². The van der Waals surface area contributed by atoms with Crippen molar-refractivity contribution < 1.29 is 9.13 Å². The van der Waals surface area contributed by atoms with Crippen molar-refractivity contribution in [1.29, 1.82) is 0 Å². The number of benzene rings is 2. The molecule has 2 N–H and O–H groups in total. The maximum absolute atomic E-state index is 13.2. The van der Waals surface area contributed by atoms with E-state index < -0.39 is 0 Å². The predicted molar refractivity (Wildman–Crippen MR) is 75.7 cm³/mol. The summed E-state index contributed by atoms with van der Waals surface area (Å²) < 4.78 is 18.9. The van der Waals surface area contributed by atoms with Crippen LogP contribution in [0.2, 0.25) is 10.0 Å². The van der Waals surface area contributed by atoms with Crippen molar-refractivity contribution in [3.05, 3.63) is 57.8 Å². The van der Waals surface area contributed by atoms with Gasteiger partial charge in [-0.2, -0.15) is 0 Å². The van der Waals surface area contributed by atoms with Crippen molar-refractivity contribution >= 4 is 23.2 Å². The van der Waals surface area contributed by atoms with Crippen molar-refractivity contribution in [3.8, 4) is 11.5 Å². The fourth-order valence-electron chi connectivity index (χ4n) is 1.71. The van der Waals surface area contributed by atoms with Crippen LogP contribution in [0.25, 0.3) is 0 Å². The lowest BCUT2D eigenvalue weighted by Gasteiger charge is -2.11. The van der Waals surface area contributed by atoms with Crippen LogP contribution >= 0.6 is 23.2 Å². The van der Waals surface area contributed by atoms with Crippen LogP contribution in [-0.4, -0.2) is 6.54 Å². The van der Waals surface area contributed by atoms with Crippen molar-refractivity contribution in [1.82, 2.24) is 0 Å². The first-order valence-corrected chi connectivity index (χ1v) is 6.46. The summed E-state index contributed by atoms with van der Waals surface area (Å²) in [6.45, 7) is 0.413. The van der Waals surface area contributed by atoms with Crippen LogP contribution in [0.15, 0.2) is 36.4 Å². The highest BCUT2D eigenvalue weighted by molar-refractivity contribution is 6.34. The minimum absolute atomic E-state index is 0.320. The van der Waals surface area contributed by atoms with Gasteiger partial charge in [0, 0.05) is 10.0 Å². The fraction of sp³-hybridized carbons (Fsp3) is 0.143. The topological polar surface area (TPSA) is 35.2 Å². The molecule has 2 nitrogen and oxygen atoms in total.